The van der Waals surface area contributed by atoms with Crippen LogP contribution in [0.3, 0.4) is 0 Å². The molecule has 1 aliphatic rings. The third-order valence-electron chi connectivity index (χ3n) is 7.12. The van der Waals surface area contributed by atoms with Crippen molar-refractivity contribution >= 4 is 40.9 Å². The van der Waals surface area contributed by atoms with Crippen LogP contribution in [0.1, 0.15) is 83.9 Å². The van der Waals surface area contributed by atoms with Crippen molar-refractivity contribution in [2.75, 3.05) is 5.75 Å². The van der Waals surface area contributed by atoms with Crippen molar-refractivity contribution in [3.8, 4) is 0 Å². The molecule has 1 aliphatic heterocycles. The number of amides is 1. The number of hydrogen-bond donors (Lipinski definition) is 0. The maximum atomic E-state index is 14.4. The van der Waals surface area contributed by atoms with Crippen LogP contribution in [0.5, 0.6) is 0 Å². The molecule has 2 nitrogen and oxygen atoms in total. The smallest absolute Gasteiger partial charge is 0.229 e. The number of likely N-dealkylation sites (tertiary alicyclic amines) is 1. The van der Waals surface area contributed by atoms with Crippen LogP contribution in [-0.4, -0.2) is 27.9 Å². The summed E-state index contributed by atoms with van der Waals surface area (Å²) in [6.45, 7) is 13.3. The number of carbonyl (C=O) groups excluding carboxylic acids is 1. The SMILES string of the molecule is CCC[C@@]1(C)C[C@H](c2cccc(Cl)c2)[C@@H](c2ccc(Cl)cc2)N(C(CSC(C)C)C(C)C)C1=O. The van der Waals surface area contributed by atoms with Gasteiger partial charge in [0.05, 0.1) is 6.04 Å². The molecule has 0 aromatic heterocycles. The number of hydrogen-bond acceptors (Lipinski definition) is 2. The second-order valence-electron chi connectivity index (χ2n) is 10.6. The number of nitrogens with zero attached hydrogens (tertiary/aromatic N) is 1. The number of rotatable bonds is 9. The van der Waals surface area contributed by atoms with E-state index in [1.807, 2.05) is 36.0 Å². The van der Waals surface area contributed by atoms with Crippen LogP contribution < -0.4 is 0 Å². The standard InChI is InChI=1S/C29H39Cl2NOS/c1-7-15-29(6)17-25(22-9-8-10-24(31)16-22)27(21-11-13-23(30)14-12-21)32(28(29)33)26(19(2)3)18-34-20(4)5/h8-14,16,19-20,25-27H,7,15,17-18H2,1-6H3/t25-,26?,27-,29+/m1/s1. The molecule has 1 unspecified atom stereocenters. The first-order chi connectivity index (χ1) is 16.1. The summed E-state index contributed by atoms with van der Waals surface area (Å²) in [7, 11) is 0. The quantitative estimate of drug-likeness (QED) is 0.329. The molecule has 1 fully saturated rings. The lowest BCUT2D eigenvalue weighted by molar-refractivity contribution is -0.155. The molecular formula is C29H39Cl2NOS. The van der Waals surface area contributed by atoms with Crippen LogP contribution in [0.2, 0.25) is 10.0 Å². The van der Waals surface area contributed by atoms with E-state index in [1.54, 1.807) is 0 Å². The number of carbonyl (C=O) groups is 1. The molecule has 4 atom stereocenters. The summed E-state index contributed by atoms with van der Waals surface area (Å²) in [6.07, 6.45) is 2.68. The Morgan fingerprint density at radius 1 is 1.03 bits per heavy atom. The van der Waals surface area contributed by atoms with Gasteiger partial charge in [-0.2, -0.15) is 11.8 Å². The van der Waals surface area contributed by atoms with Crippen LogP contribution in [-0.2, 0) is 4.79 Å². The van der Waals surface area contributed by atoms with Crippen molar-refractivity contribution in [1.29, 1.82) is 0 Å². The Morgan fingerprint density at radius 2 is 1.71 bits per heavy atom. The van der Waals surface area contributed by atoms with E-state index in [1.165, 1.54) is 5.56 Å². The fourth-order valence-corrected chi connectivity index (χ4v) is 6.86. The van der Waals surface area contributed by atoms with Crippen molar-refractivity contribution in [3.05, 3.63) is 69.7 Å². The van der Waals surface area contributed by atoms with Gasteiger partial charge in [0.25, 0.3) is 0 Å². The van der Waals surface area contributed by atoms with E-state index in [-0.39, 0.29) is 23.9 Å². The van der Waals surface area contributed by atoms with Crippen LogP contribution >= 0.6 is 35.0 Å². The Hall–Kier alpha value is -1.16. The van der Waals surface area contributed by atoms with E-state index in [2.05, 4.69) is 70.7 Å². The molecule has 1 heterocycles. The molecule has 1 saturated heterocycles. The summed E-state index contributed by atoms with van der Waals surface area (Å²) in [5.41, 5.74) is 1.94. The van der Waals surface area contributed by atoms with Crippen LogP contribution in [0, 0.1) is 11.3 Å². The molecule has 2 aromatic rings. The van der Waals surface area contributed by atoms with Gasteiger partial charge in [0.1, 0.15) is 0 Å². The highest BCUT2D eigenvalue weighted by atomic mass is 35.5. The number of halogens is 2. The maximum Gasteiger partial charge on any atom is 0.229 e. The number of piperidine rings is 1. The zero-order valence-corrected chi connectivity index (χ0v) is 23.7. The zero-order chi connectivity index (χ0) is 25.0. The van der Waals surface area contributed by atoms with Gasteiger partial charge in [0.2, 0.25) is 5.91 Å². The molecule has 0 radical (unpaired) electrons. The molecule has 0 saturated carbocycles. The highest BCUT2D eigenvalue weighted by molar-refractivity contribution is 7.99. The second kappa shape index (κ2) is 11.7. The molecule has 0 aliphatic carbocycles. The van der Waals surface area contributed by atoms with E-state index in [0.717, 1.165) is 35.6 Å². The van der Waals surface area contributed by atoms with Gasteiger partial charge in [-0.25, -0.2) is 0 Å². The lowest BCUT2D eigenvalue weighted by Gasteiger charge is -2.53. The average Bonchev–Trinajstić information content (AvgIpc) is 2.77. The minimum absolute atomic E-state index is 0.0617. The van der Waals surface area contributed by atoms with Crippen molar-refractivity contribution in [3.63, 3.8) is 0 Å². The van der Waals surface area contributed by atoms with Gasteiger partial charge in [0, 0.05) is 33.2 Å². The summed E-state index contributed by atoms with van der Waals surface area (Å²) in [4.78, 5) is 16.6. The predicted molar refractivity (Wildman–Crippen MR) is 149 cm³/mol. The molecule has 186 valence electrons. The normalized spacial score (nSPS) is 24.2. The Labute approximate surface area is 220 Å². The minimum Gasteiger partial charge on any atom is -0.330 e. The Kier molecular flexibility index (Phi) is 9.45. The lowest BCUT2D eigenvalue weighted by Crippen LogP contribution is -2.57. The fraction of sp³-hybridized carbons (Fsp3) is 0.552. The second-order valence-corrected chi connectivity index (χ2v) is 13.1. The third-order valence-corrected chi connectivity index (χ3v) is 8.81. The Bertz CT molecular complexity index is 961. The van der Waals surface area contributed by atoms with E-state index in [4.69, 9.17) is 23.2 Å². The van der Waals surface area contributed by atoms with E-state index >= 15 is 0 Å². The highest BCUT2D eigenvalue weighted by Gasteiger charge is 2.51. The predicted octanol–water partition coefficient (Wildman–Crippen LogP) is 9.02. The van der Waals surface area contributed by atoms with Gasteiger partial charge in [-0.3, -0.25) is 4.79 Å². The lowest BCUT2D eigenvalue weighted by atomic mass is 9.66. The highest BCUT2D eigenvalue weighted by Crippen LogP contribution is 2.53. The van der Waals surface area contributed by atoms with Crippen molar-refractivity contribution in [2.45, 2.75) is 84.1 Å². The molecule has 0 spiro atoms. The monoisotopic (exact) mass is 519 g/mol. The van der Waals surface area contributed by atoms with Gasteiger partial charge >= 0.3 is 0 Å². The molecule has 0 N–H and O–H groups in total. The Balaban J connectivity index is 2.21. The third kappa shape index (κ3) is 6.15. The van der Waals surface area contributed by atoms with Gasteiger partial charge in [-0.15, -0.1) is 0 Å². The van der Waals surface area contributed by atoms with Crippen LogP contribution in [0.15, 0.2) is 48.5 Å². The molecule has 5 heteroatoms. The van der Waals surface area contributed by atoms with Crippen LogP contribution in [0.4, 0.5) is 0 Å². The van der Waals surface area contributed by atoms with Gasteiger partial charge < -0.3 is 4.90 Å². The van der Waals surface area contributed by atoms with E-state index in [0.29, 0.717) is 16.2 Å². The van der Waals surface area contributed by atoms with Gasteiger partial charge in [-0.05, 0) is 59.4 Å². The summed E-state index contributed by atoms with van der Waals surface area (Å²) < 4.78 is 0. The molecule has 2 aromatic carbocycles. The first-order valence-corrected chi connectivity index (χ1v) is 14.3. The maximum absolute atomic E-state index is 14.4. The van der Waals surface area contributed by atoms with Gasteiger partial charge in [-0.1, -0.05) is 95.4 Å². The average molecular weight is 521 g/mol. The zero-order valence-electron chi connectivity index (χ0n) is 21.4. The summed E-state index contributed by atoms with van der Waals surface area (Å²) in [5, 5.41) is 1.97. The largest absolute Gasteiger partial charge is 0.330 e. The fourth-order valence-electron chi connectivity index (χ4n) is 5.41. The van der Waals surface area contributed by atoms with E-state index in [9.17, 15) is 4.79 Å². The molecule has 1 amide bonds. The summed E-state index contributed by atoms with van der Waals surface area (Å²) >= 11 is 14.7. The molecule has 0 bridgehead atoms. The molecule has 3 rings (SSSR count). The summed E-state index contributed by atoms with van der Waals surface area (Å²) in [6, 6.07) is 16.4. The molecule has 34 heavy (non-hydrogen) atoms. The topological polar surface area (TPSA) is 20.3 Å². The molecular weight excluding hydrogens is 481 g/mol. The van der Waals surface area contributed by atoms with Crippen molar-refractivity contribution < 1.29 is 4.79 Å². The van der Waals surface area contributed by atoms with Crippen molar-refractivity contribution in [2.24, 2.45) is 11.3 Å². The van der Waals surface area contributed by atoms with E-state index < -0.39 is 5.41 Å². The first-order valence-electron chi connectivity index (χ1n) is 12.5. The summed E-state index contributed by atoms with van der Waals surface area (Å²) in [5.74, 6) is 1.71. The minimum atomic E-state index is -0.402. The number of benzene rings is 2. The van der Waals surface area contributed by atoms with Gasteiger partial charge in [0.15, 0.2) is 0 Å². The van der Waals surface area contributed by atoms with Crippen LogP contribution in [0.25, 0.3) is 0 Å². The van der Waals surface area contributed by atoms with Crippen molar-refractivity contribution in [1.82, 2.24) is 4.90 Å². The first kappa shape index (κ1) is 27.4. The number of thioether (sulfide) groups is 1. The Morgan fingerprint density at radius 3 is 2.26 bits per heavy atom.